The molecule has 0 saturated carbocycles. The summed E-state index contributed by atoms with van der Waals surface area (Å²) in [6, 6.07) is 24.5. The van der Waals surface area contributed by atoms with E-state index in [2.05, 4.69) is 10.5 Å². The molecule has 4 rings (SSSR count). The molecule has 6 nitrogen and oxygen atoms in total. The van der Waals surface area contributed by atoms with E-state index in [0.29, 0.717) is 13.0 Å². The van der Waals surface area contributed by atoms with E-state index in [1.54, 1.807) is 12.1 Å². The van der Waals surface area contributed by atoms with Gasteiger partial charge in [-0.15, -0.1) is 0 Å². The van der Waals surface area contributed by atoms with Crippen molar-refractivity contribution in [2.24, 2.45) is 5.10 Å². The lowest BCUT2D eigenvalue weighted by Gasteiger charge is -2.10. The highest BCUT2D eigenvalue weighted by molar-refractivity contribution is 6.01. The normalized spacial score (nSPS) is 15.6. The molecule has 0 radical (unpaired) electrons. The van der Waals surface area contributed by atoms with Crippen molar-refractivity contribution in [2.75, 3.05) is 0 Å². The number of ether oxygens (including phenoxy) is 1. The van der Waals surface area contributed by atoms with Gasteiger partial charge in [0.2, 0.25) is 0 Å². The second kappa shape index (κ2) is 7.92. The molecule has 0 fully saturated rings. The fraction of sp³-hybridized carbons (Fsp3) is 0.136. The summed E-state index contributed by atoms with van der Waals surface area (Å²) in [6.07, 6.45) is 0.672. The van der Waals surface area contributed by atoms with E-state index >= 15 is 0 Å². The van der Waals surface area contributed by atoms with Gasteiger partial charge < -0.3 is 10.2 Å². The standard InChI is InChI=1S/C22H19N3O3/c26-25(27)19-8-4-7-18(13-19)22-14-21(23-24-22)17-9-11-20(12-10-17)28-15-16-5-2-1-3-6-16/h1-13,22,24H,14-15H2. The number of non-ortho nitro benzene ring substituents is 1. The van der Waals surface area contributed by atoms with Gasteiger partial charge in [-0.25, -0.2) is 0 Å². The Morgan fingerprint density at radius 3 is 2.57 bits per heavy atom. The zero-order valence-electron chi connectivity index (χ0n) is 15.1. The molecule has 28 heavy (non-hydrogen) atoms. The van der Waals surface area contributed by atoms with Crippen molar-refractivity contribution in [2.45, 2.75) is 19.1 Å². The first-order valence-corrected chi connectivity index (χ1v) is 9.02. The third-order valence-electron chi connectivity index (χ3n) is 4.67. The Bertz CT molecular complexity index is 1000. The lowest BCUT2D eigenvalue weighted by Crippen LogP contribution is -2.10. The molecule has 3 aromatic carbocycles. The van der Waals surface area contributed by atoms with E-state index < -0.39 is 0 Å². The molecule has 1 atom stereocenters. The summed E-state index contributed by atoms with van der Waals surface area (Å²) in [6.45, 7) is 0.525. The molecular formula is C22H19N3O3. The number of nitro benzene ring substituents is 1. The Hall–Kier alpha value is -3.67. The smallest absolute Gasteiger partial charge is 0.269 e. The number of hydrogen-bond acceptors (Lipinski definition) is 5. The Morgan fingerprint density at radius 1 is 1.04 bits per heavy atom. The predicted octanol–water partition coefficient (Wildman–Crippen LogP) is 4.61. The third-order valence-corrected chi connectivity index (χ3v) is 4.67. The minimum atomic E-state index is -0.381. The van der Waals surface area contributed by atoms with E-state index in [1.807, 2.05) is 60.7 Å². The first kappa shape index (κ1) is 17.7. The van der Waals surface area contributed by atoms with Gasteiger partial charge in [0.15, 0.2) is 0 Å². The number of nitrogens with one attached hydrogen (secondary N) is 1. The van der Waals surface area contributed by atoms with E-state index in [9.17, 15) is 10.1 Å². The number of rotatable bonds is 6. The summed E-state index contributed by atoms with van der Waals surface area (Å²) in [5.41, 5.74) is 7.08. The highest BCUT2D eigenvalue weighted by Crippen LogP contribution is 2.27. The summed E-state index contributed by atoms with van der Waals surface area (Å²) >= 11 is 0. The van der Waals surface area contributed by atoms with Crippen LogP contribution in [0.4, 0.5) is 5.69 Å². The number of nitrogens with zero attached hydrogens (tertiary/aromatic N) is 2. The van der Waals surface area contributed by atoms with Gasteiger partial charge in [-0.3, -0.25) is 10.1 Å². The first-order valence-electron chi connectivity index (χ1n) is 9.02. The Labute approximate surface area is 162 Å². The van der Waals surface area contributed by atoms with Crippen molar-refractivity contribution in [3.63, 3.8) is 0 Å². The largest absolute Gasteiger partial charge is 0.489 e. The van der Waals surface area contributed by atoms with Gasteiger partial charge in [0.25, 0.3) is 5.69 Å². The van der Waals surface area contributed by atoms with E-state index in [0.717, 1.165) is 28.2 Å². The molecule has 1 heterocycles. The number of hydrazone groups is 1. The quantitative estimate of drug-likeness (QED) is 0.505. The molecule has 0 spiro atoms. The molecule has 0 amide bonds. The highest BCUT2D eigenvalue weighted by Gasteiger charge is 2.22. The first-order chi connectivity index (χ1) is 13.7. The fourth-order valence-electron chi connectivity index (χ4n) is 3.15. The minimum Gasteiger partial charge on any atom is -0.489 e. The van der Waals surface area contributed by atoms with Gasteiger partial charge in [-0.05, 0) is 41.0 Å². The summed E-state index contributed by atoms with van der Waals surface area (Å²) < 4.78 is 5.82. The van der Waals surface area contributed by atoms with Crippen molar-refractivity contribution in [3.8, 4) is 5.75 Å². The lowest BCUT2D eigenvalue weighted by atomic mass is 9.99. The summed E-state index contributed by atoms with van der Waals surface area (Å²) in [7, 11) is 0. The van der Waals surface area contributed by atoms with Crippen molar-refractivity contribution >= 4 is 11.4 Å². The van der Waals surface area contributed by atoms with Crippen LogP contribution in [0.2, 0.25) is 0 Å². The molecule has 0 aliphatic carbocycles. The second-order valence-electron chi connectivity index (χ2n) is 6.60. The average molecular weight is 373 g/mol. The molecule has 1 unspecified atom stereocenters. The van der Waals surface area contributed by atoms with E-state index in [-0.39, 0.29) is 16.7 Å². The maximum absolute atomic E-state index is 11.0. The maximum Gasteiger partial charge on any atom is 0.269 e. The van der Waals surface area contributed by atoms with Crippen LogP contribution in [0.3, 0.4) is 0 Å². The SMILES string of the molecule is O=[N+]([O-])c1cccc(C2CC(c3ccc(OCc4ccccc4)cc3)=NN2)c1. The zero-order valence-corrected chi connectivity index (χ0v) is 15.1. The Morgan fingerprint density at radius 2 is 1.82 bits per heavy atom. The number of nitro groups is 1. The van der Waals surface area contributed by atoms with Crippen LogP contribution in [0.15, 0.2) is 84.0 Å². The van der Waals surface area contributed by atoms with Crippen LogP contribution in [-0.2, 0) is 6.61 Å². The van der Waals surface area contributed by atoms with E-state index in [1.165, 1.54) is 6.07 Å². The molecule has 0 aromatic heterocycles. The van der Waals surface area contributed by atoms with Crippen molar-refractivity contribution in [1.82, 2.24) is 5.43 Å². The molecular weight excluding hydrogens is 354 g/mol. The third kappa shape index (κ3) is 4.01. The number of benzene rings is 3. The van der Waals surface area contributed by atoms with Crippen LogP contribution < -0.4 is 10.2 Å². The van der Waals surface area contributed by atoms with Gasteiger partial charge in [-0.1, -0.05) is 42.5 Å². The second-order valence-corrected chi connectivity index (χ2v) is 6.60. The number of hydrogen-bond donors (Lipinski definition) is 1. The fourth-order valence-corrected chi connectivity index (χ4v) is 3.15. The van der Waals surface area contributed by atoms with Crippen molar-refractivity contribution in [1.29, 1.82) is 0 Å². The Kier molecular flexibility index (Phi) is 5.01. The zero-order chi connectivity index (χ0) is 19.3. The molecule has 1 aliphatic rings. The summed E-state index contributed by atoms with van der Waals surface area (Å²) in [4.78, 5) is 10.6. The van der Waals surface area contributed by atoms with Crippen LogP contribution in [0.5, 0.6) is 5.75 Å². The maximum atomic E-state index is 11.0. The van der Waals surface area contributed by atoms with Gasteiger partial charge >= 0.3 is 0 Å². The molecule has 3 aromatic rings. The monoisotopic (exact) mass is 373 g/mol. The summed E-state index contributed by atoms with van der Waals surface area (Å²) in [5, 5.41) is 15.4. The van der Waals surface area contributed by atoms with Crippen LogP contribution in [0.1, 0.15) is 29.2 Å². The topological polar surface area (TPSA) is 76.8 Å². The predicted molar refractivity (Wildman–Crippen MR) is 107 cm³/mol. The lowest BCUT2D eigenvalue weighted by molar-refractivity contribution is -0.384. The molecule has 1 aliphatic heterocycles. The van der Waals surface area contributed by atoms with Crippen LogP contribution in [0.25, 0.3) is 0 Å². The van der Waals surface area contributed by atoms with Crippen LogP contribution in [-0.4, -0.2) is 10.6 Å². The highest BCUT2D eigenvalue weighted by atomic mass is 16.6. The molecule has 1 N–H and O–H groups in total. The van der Waals surface area contributed by atoms with Gasteiger partial charge in [0.05, 0.1) is 16.7 Å². The van der Waals surface area contributed by atoms with Gasteiger partial charge in [0, 0.05) is 18.6 Å². The molecule has 140 valence electrons. The summed E-state index contributed by atoms with van der Waals surface area (Å²) in [5.74, 6) is 0.800. The van der Waals surface area contributed by atoms with Gasteiger partial charge in [0.1, 0.15) is 12.4 Å². The van der Waals surface area contributed by atoms with Crippen LogP contribution >= 0.6 is 0 Å². The molecule has 6 heteroatoms. The van der Waals surface area contributed by atoms with Crippen molar-refractivity contribution in [3.05, 3.63) is 106 Å². The molecule has 0 saturated heterocycles. The van der Waals surface area contributed by atoms with Crippen LogP contribution in [0, 0.1) is 10.1 Å². The van der Waals surface area contributed by atoms with E-state index in [4.69, 9.17) is 4.74 Å². The van der Waals surface area contributed by atoms with Crippen molar-refractivity contribution < 1.29 is 9.66 Å². The molecule has 0 bridgehead atoms. The minimum absolute atomic E-state index is 0.0658. The van der Waals surface area contributed by atoms with Gasteiger partial charge in [-0.2, -0.15) is 5.10 Å². The Balaban J connectivity index is 1.39. The average Bonchev–Trinajstić information content (AvgIpc) is 3.24.